The Bertz CT molecular complexity index is 1120. The summed E-state index contributed by atoms with van der Waals surface area (Å²) < 4.78 is 53.0. The summed E-state index contributed by atoms with van der Waals surface area (Å²) in [4.78, 5) is 16.7. The lowest BCUT2D eigenvalue weighted by atomic mass is 9.96. The van der Waals surface area contributed by atoms with E-state index in [1.807, 2.05) is 0 Å². The van der Waals surface area contributed by atoms with Crippen LogP contribution in [0, 0.1) is 0 Å². The fourth-order valence-electron chi connectivity index (χ4n) is 3.65. The van der Waals surface area contributed by atoms with Crippen molar-refractivity contribution in [3.8, 4) is 11.5 Å². The van der Waals surface area contributed by atoms with Gasteiger partial charge in [-0.1, -0.05) is 6.07 Å². The van der Waals surface area contributed by atoms with Gasteiger partial charge >= 0.3 is 6.18 Å². The SMILES string of the molecule is COc1ccc([C@H]2C[C@@H](C(F)(F)F)n3ncc(C(=O)Nc4cccnc4)c3N2)cc1OC. The molecule has 3 heterocycles. The molecular weight excluding hydrogens is 427 g/mol. The third-order valence-electron chi connectivity index (χ3n) is 5.21. The summed E-state index contributed by atoms with van der Waals surface area (Å²) in [5.74, 6) is 0.241. The van der Waals surface area contributed by atoms with Crippen molar-refractivity contribution >= 4 is 17.4 Å². The Hall–Kier alpha value is -3.76. The van der Waals surface area contributed by atoms with E-state index in [0.717, 1.165) is 10.9 Å². The molecule has 1 aromatic carbocycles. The van der Waals surface area contributed by atoms with E-state index in [0.29, 0.717) is 22.7 Å². The number of hydrogen-bond donors (Lipinski definition) is 2. The van der Waals surface area contributed by atoms with E-state index in [1.54, 1.807) is 36.5 Å². The lowest BCUT2D eigenvalue weighted by Gasteiger charge is -2.34. The first-order valence-corrected chi connectivity index (χ1v) is 9.66. The molecule has 11 heteroatoms. The maximum Gasteiger partial charge on any atom is 0.410 e. The van der Waals surface area contributed by atoms with Gasteiger partial charge in [0, 0.05) is 12.6 Å². The second-order valence-corrected chi connectivity index (χ2v) is 7.15. The zero-order valence-corrected chi connectivity index (χ0v) is 17.2. The minimum atomic E-state index is -4.56. The van der Waals surface area contributed by atoms with Crippen molar-refractivity contribution in [2.24, 2.45) is 0 Å². The van der Waals surface area contributed by atoms with Crippen LogP contribution in [0.3, 0.4) is 0 Å². The molecule has 0 saturated carbocycles. The lowest BCUT2D eigenvalue weighted by Crippen LogP contribution is -2.36. The Balaban J connectivity index is 1.70. The summed E-state index contributed by atoms with van der Waals surface area (Å²) in [5, 5.41) is 9.54. The van der Waals surface area contributed by atoms with E-state index in [1.165, 1.54) is 20.4 Å². The van der Waals surface area contributed by atoms with E-state index in [-0.39, 0.29) is 17.8 Å². The fourth-order valence-corrected chi connectivity index (χ4v) is 3.65. The van der Waals surface area contributed by atoms with Crippen LogP contribution in [-0.2, 0) is 0 Å². The van der Waals surface area contributed by atoms with Crippen LogP contribution in [0.5, 0.6) is 11.5 Å². The summed E-state index contributed by atoms with van der Waals surface area (Å²) in [6, 6.07) is 5.51. The first kappa shape index (κ1) is 21.5. The molecule has 0 aliphatic carbocycles. The van der Waals surface area contributed by atoms with Crippen molar-refractivity contribution < 1.29 is 27.4 Å². The number of amides is 1. The van der Waals surface area contributed by atoms with Gasteiger partial charge in [-0.15, -0.1) is 0 Å². The molecule has 0 saturated heterocycles. The van der Waals surface area contributed by atoms with Gasteiger partial charge in [-0.3, -0.25) is 9.78 Å². The molecule has 0 radical (unpaired) electrons. The summed E-state index contributed by atoms with van der Waals surface area (Å²) in [6.07, 6.45) is -0.761. The van der Waals surface area contributed by atoms with Gasteiger partial charge in [-0.2, -0.15) is 18.3 Å². The number of halogens is 3. The lowest BCUT2D eigenvalue weighted by molar-refractivity contribution is -0.173. The number of rotatable bonds is 5. The van der Waals surface area contributed by atoms with Crippen LogP contribution < -0.4 is 20.1 Å². The van der Waals surface area contributed by atoms with Gasteiger partial charge in [0.2, 0.25) is 0 Å². The van der Waals surface area contributed by atoms with Gasteiger partial charge < -0.3 is 20.1 Å². The van der Waals surface area contributed by atoms with Crippen LogP contribution in [0.15, 0.2) is 48.9 Å². The summed E-state index contributed by atoms with van der Waals surface area (Å²) in [7, 11) is 2.92. The number of methoxy groups -OCH3 is 2. The van der Waals surface area contributed by atoms with Gasteiger partial charge in [0.25, 0.3) is 5.91 Å². The maximum absolute atomic E-state index is 13.9. The molecule has 1 amide bonds. The topological polar surface area (TPSA) is 90.3 Å². The van der Waals surface area contributed by atoms with Crippen LogP contribution in [0.1, 0.15) is 34.4 Å². The quantitative estimate of drug-likeness (QED) is 0.609. The fraction of sp³-hybridized carbons (Fsp3) is 0.286. The van der Waals surface area contributed by atoms with Gasteiger partial charge in [0.1, 0.15) is 11.4 Å². The molecule has 1 aliphatic rings. The Labute approximate surface area is 181 Å². The first-order valence-electron chi connectivity index (χ1n) is 9.66. The first-order chi connectivity index (χ1) is 15.3. The van der Waals surface area contributed by atoms with Crippen LogP contribution >= 0.6 is 0 Å². The highest BCUT2D eigenvalue weighted by atomic mass is 19.4. The number of benzene rings is 1. The monoisotopic (exact) mass is 447 g/mol. The molecule has 8 nitrogen and oxygen atoms in total. The number of nitrogens with one attached hydrogen (secondary N) is 2. The number of hydrogen-bond acceptors (Lipinski definition) is 6. The molecule has 1 aliphatic heterocycles. The highest BCUT2D eigenvalue weighted by molar-refractivity contribution is 6.07. The van der Waals surface area contributed by atoms with Crippen LogP contribution in [0.25, 0.3) is 0 Å². The van der Waals surface area contributed by atoms with Crippen molar-refractivity contribution in [1.29, 1.82) is 0 Å². The standard InChI is InChI=1S/C21H20F3N5O3/c1-31-16-6-5-12(8-17(16)32-2)15-9-18(21(22,23)24)29-19(28-15)14(11-26-29)20(30)27-13-4-3-7-25-10-13/h3-8,10-11,15,18,28H,9H2,1-2H3,(H,27,30)/t15-,18+/m1/s1. The molecule has 0 unspecified atom stereocenters. The highest BCUT2D eigenvalue weighted by Crippen LogP contribution is 2.45. The van der Waals surface area contributed by atoms with Gasteiger partial charge in [-0.25, -0.2) is 4.68 Å². The molecule has 2 atom stereocenters. The van der Waals surface area contributed by atoms with Crippen molar-refractivity contribution in [3.63, 3.8) is 0 Å². The molecule has 168 valence electrons. The van der Waals surface area contributed by atoms with E-state index in [2.05, 4.69) is 20.7 Å². The summed E-state index contributed by atoms with van der Waals surface area (Å²) >= 11 is 0. The van der Waals surface area contributed by atoms with E-state index >= 15 is 0 Å². The van der Waals surface area contributed by atoms with Crippen molar-refractivity contribution in [2.75, 3.05) is 24.9 Å². The van der Waals surface area contributed by atoms with Crippen molar-refractivity contribution in [1.82, 2.24) is 14.8 Å². The van der Waals surface area contributed by atoms with Crippen LogP contribution in [0.2, 0.25) is 0 Å². The van der Waals surface area contributed by atoms with Crippen molar-refractivity contribution in [3.05, 3.63) is 60.0 Å². The van der Waals surface area contributed by atoms with Gasteiger partial charge in [0.05, 0.1) is 38.3 Å². The normalized spacial score (nSPS) is 17.8. The van der Waals surface area contributed by atoms with Gasteiger partial charge in [-0.05, 0) is 29.8 Å². The Morgan fingerprint density at radius 3 is 2.62 bits per heavy atom. The maximum atomic E-state index is 13.9. The number of carbonyl (C=O) groups is 1. The van der Waals surface area contributed by atoms with Gasteiger partial charge in [0.15, 0.2) is 17.5 Å². The zero-order chi connectivity index (χ0) is 22.9. The molecule has 32 heavy (non-hydrogen) atoms. The largest absolute Gasteiger partial charge is 0.493 e. The molecular formula is C21H20F3N5O3. The number of fused-ring (bicyclic) bond motifs is 1. The molecule has 0 fully saturated rings. The smallest absolute Gasteiger partial charge is 0.410 e. The molecule has 0 bridgehead atoms. The van der Waals surface area contributed by atoms with Crippen LogP contribution in [0.4, 0.5) is 24.7 Å². The minimum absolute atomic E-state index is 0.00622. The van der Waals surface area contributed by atoms with E-state index in [4.69, 9.17) is 9.47 Å². The third-order valence-corrected chi connectivity index (χ3v) is 5.21. The molecule has 3 aromatic rings. The Morgan fingerprint density at radius 1 is 1.19 bits per heavy atom. The zero-order valence-electron chi connectivity index (χ0n) is 17.2. The molecule has 0 spiro atoms. The summed E-state index contributed by atoms with van der Waals surface area (Å²) in [5.41, 5.74) is 0.966. The third kappa shape index (κ3) is 4.05. The van der Waals surface area contributed by atoms with E-state index in [9.17, 15) is 18.0 Å². The average Bonchev–Trinajstić information content (AvgIpc) is 3.22. The Kier molecular flexibility index (Phi) is 5.64. The second kappa shape index (κ2) is 8.40. The molecule has 2 aromatic heterocycles. The Morgan fingerprint density at radius 2 is 1.97 bits per heavy atom. The van der Waals surface area contributed by atoms with E-state index < -0.39 is 24.2 Å². The number of anilines is 2. The number of nitrogens with zero attached hydrogens (tertiary/aromatic N) is 3. The number of ether oxygens (including phenoxy) is 2. The number of aromatic nitrogens is 3. The predicted octanol–water partition coefficient (Wildman–Crippen LogP) is 4.21. The minimum Gasteiger partial charge on any atom is -0.493 e. The number of alkyl halides is 3. The van der Waals surface area contributed by atoms with Crippen molar-refractivity contribution in [2.45, 2.75) is 24.7 Å². The summed E-state index contributed by atoms with van der Waals surface area (Å²) in [6.45, 7) is 0. The number of pyridine rings is 1. The molecule has 2 N–H and O–H groups in total. The number of carbonyl (C=O) groups excluding carboxylic acids is 1. The molecule has 4 rings (SSSR count). The highest BCUT2D eigenvalue weighted by Gasteiger charge is 2.47. The average molecular weight is 447 g/mol. The van der Waals surface area contributed by atoms with Crippen LogP contribution in [-0.4, -0.2) is 41.1 Å². The predicted molar refractivity (Wildman–Crippen MR) is 110 cm³/mol. The second-order valence-electron chi connectivity index (χ2n) is 7.15.